The Balaban J connectivity index is 0.000000293. The number of nitrogens with zero attached hydrogens (tertiary/aromatic N) is 1. The number of carbonyl (C=O) groups excluding carboxylic acids is 1. The molecule has 0 radical (unpaired) electrons. The minimum Gasteiger partial charge on any atom is -0.480 e. The fourth-order valence-corrected chi connectivity index (χ4v) is 1.02. The Labute approximate surface area is 99.1 Å². The zero-order valence-electron chi connectivity index (χ0n) is 8.83. The van der Waals surface area contributed by atoms with E-state index < -0.39 is 12.0 Å². The summed E-state index contributed by atoms with van der Waals surface area (Å²) in [6.45, 7) is 2.50. The van der Waals surface area contributed by atoms with Gasteiger partial charge in [-0.05, 0) is 0 Å². The first-order valence-electron chi connectivity index (χ1n) is 4.70. The number of aliphatic carboxylic acids is 1. The lowest BCUT2D eigenvalue weighted by Gasteiger charge is -2.24. The number of rotatable bonds is 2. The average Bonchev–Trinajstić information content (AvgIpc) is 2.29. The molecular formula is C8H17N3O4S. The number of morpholine rings is 1. The van der Waals surface area contributed by atoms with E-state index in [1.165, 1.54) is 0 Å². The van der Waals surface area contributed by atoms with Gasteiger partial charge in [0, 0.05) is 18.8 Å². The summed E-state index contributed by atoms with van der Waals surface area (Å²) in [5.41, 5.74) is 9.94. The van der Waals surface area contributed by atoms with E-state index in [1.807, 2.05) is 0 Å². The Bertz CT molecular complexity index is 233. The summed E-state index contributed by atoms with van der Waals surface area (Å²) in [5, 5.41) is 8.01. The van der Waals surface area contributed by atoms with Crippen molar-refractivity contribution in [1.82, 2.24) is 4.90 Å². The SMILES string of the molecule is NC(=O)N1CCOCC1.N[C@@H](CS)C(=O)O. The molecule has 1 aliphatic heterocycles. The van der Waals surface area contributed by atoms with Crippen LogP contribution in [0.3, 0.4) is 0 Å². The van der Waals surface area contributed by atoms with Crippen molar-refractivity contribution in [2.75, 3.05) is 32.1 Å². The molecule has 0 unspecified atom stereocenters. The van der Waals surface area contributed by atoms with Crippen molar-refractivity contribution in [2.24, 2.45) is 11.5 Å². The van der Waals surface area contributed by atoms with Gasteiger partial charge in [-0.2, -0.15) is 12.6 Å². The summed E-state index contributed by atoms with van der Waals surface area (Å²) in [7, 11) is 0. The van der Waals surface area contributed by atoms with Crippen molar-refractivity contribution in [2.45, 2.75) is 6.04 Å². The van der Waals surface area contributed by atoms with E-state index in [-0.39, 0.29) is 11.8 Å². The summed E-state index contributed by atoms with van der Waals surface area (Å²) < 4.78 is 5.00. The van der Waals surface area contributed by atoms with Crippen molar-refractivity contribution < 1.29 is 19.4 Å². The molecule has 0 aromatic rings. The Kier molecular flexibility index (Phi) is 7.69. The minimum atomic E-state index is -1.00. The van der Waals surface area contributed by atoms with Crippen molar-refractivity contribution in [1.29, 1.82) is 0 Å². The summed E-state index contributed by atoms with van der Waals surface area (Å²) in [5.74, 6) is -0.815. The van der Waals surface area contributed by atoms with Gasteiger partial charge >= 0.3 is 12.0 Å². The van der Waals surface area contributed by atoms with E-state index >= 15 is 0 Å². The smallest absolute Gasteiger partial charge is 0.321 e. The standard InChI is InChI=1S/C5H10N2O2.C3H7NO2S/c6-5(8)7-1-3-9-4-2-7;4-2(1-7)3(5)6/h1-4H2,(H2,6,8);2,7H,1,4H2,(H,5,6)/t;2-/m.0/s1. The van der Waals surface area contributed by atoms with Crippen LogP contribution in [0.5, 0.6) is 0 Å². The molecule has 1 saturated heterocycles. The minimum absolute atomic E-state index is 0.190. The van der Waals surface area contributed by atoms with Crippen LogP contribution in [-0.4, -0.2) is 60.1 Å². The van der Waals surface area contributed by atoms with Gasteiger partial charge in [-0.3, -0.25) is 4.79 Å². The molecule has 2 amide bonds. The Hall–Kier alpha value is -0.990. The fraction of sp³-hybridized carbons (Fsp3) is 0.750. The zero-order valence-corrected chi connectivity index (χ0v) is 9.73. The summed E-state index contributed by atoms with van der Waals surface area (Å²) in [6, 6.07) is -1.17. The van der Waals surface area contributed by atoms with Crippen LogP contribution in [-0.2, 0) is 9.53 Å². The van der Waals surface area contributed by atoms with Crippen LogP contribution >= 0.6 is 12.6 Å². The fourth-order valence-electron chi connectivity index (χ4n) is 0.862. The predicted octanol–water partition coefficient (Wildman–Crippen LogP) is -1.27. The molecule has 8 heteroatoms. The lowest BCUT2D eigenvalue weighted by atomic mass is 10.4. The first kappa shape index (κ1) is 15.0. The van der Waals surface area contributed by atoms with Crippen molar-refractivity contribution >= 4 is 24.6 Å². The summed E-state index contributed by atoms with van der Waals surface area (Å²) in [6.07, 6.45) is 0. The van der Waals surface area contributed by atoms with Crippen LogP contribution in [0.1, 0.15) is 0 Å². The van der Waals surface area contributed by atoms with E-state index in [0.717, 1.165) is 0 Å². The van der Waals surface area contributed by atoms with E-state index in [9.17, 15) is 9.59 Å². The average molecular weight is 251 g/mol. The van der Waals surface area contributed by atoms with E-state index in [1.54, 1.807) is 4.90 Å². The third-order valence-corrected chi connectivity index (χ3v) is 2.23. The van der Waals surface area contributed by atoms with Gasteiger partial charge in [0.15, 0.2) is 0 Å². The Morgan fingerprint density at radius 3 is 2.12 bits per heavy atom. The Morgan fingerprint density at radius 1 is 1.44 bits per heavy atom. The molecule has 1 heterocycles. The number of urea groups is 1. The van der Waals surface area contributed by atoms with Gasteiger partial charge in [-0.25, -0.2) is 4.79 Å². The van der Waals surface area contributed by atoms with Gasteiger partial charge in [0.05, 0.1) is 13.2 Å². The molecule has 0 bridgehead atoms. The summed E-state index contributed by atoms with van der Waals surface area (Å²) in [4.78, 5) is 21.8. The Morgan fingerprint density at radius 2 is 1.94 bits per heavy atom. The molecule has 1 aliphatic rings. The largest absolute Gasteiger partial charge is 0.480 e. The second kappa shape index (κ2) is 8.20. The van der Waals surface area contributed by atoms with Gasteiger partial charge in [0.2, 0.25) is 0 Å². The van der Waals surface area contributed by atoms with Crippen LogP contribution in [0.15, 0.2) is 0 Å². The number of amides is 2. The highest BCUT2D eigenvalue weighted by Gasteiger charge is 2.12. The molecule has 16 heavy (non-hydrogen) atoms. The van der Waals surface area contributed by atoms with Crippen molar-refractivity contribution in [3.8, 4) is 0 Å². The van der Waals surface area contributed by atoms with Crippen LogP contribution in [0, 0.1) is 0 Å². The molecular weight excluding hydrogens is 234 g/mol. The number of primary amides is 1. The molecule has 0 saturated carbocycles. The highest BCUT2D eigenvalue weighted by molar-refractivity contribution is 7.80. The third kappa shape index (κ3) is 6.49. The molecule has 0 aliphatic carbocycles. The molecule has 5 N–H and O–H groups in total. The highest BCUT2D eigenvalue weighted by Crippen LogP contribution is 1.94. The molecule has 0 aromatic heterocycles. The monoisotopic (exact) mass is 251 g/mol. The maximum atomic E-state index is 10.4. The van der Waals surface area contributed by atoms with Crippen molar-refractivity contribution in [3.63, 3.8) is 0 Å². The zero-order chi connectivity index (χ0) is 12.6. The number of thiol groups is 1. The first-order chi connectivity index (χ1) is 7.49. The molecule has 0 spiro atoms. The maximum absolute atomic E-state index is 10.4. The van der Waals surface area contributed by atoms with E-state index in [2.05, 4.69) is 12.6 Å². The van der Waals surface area contributed by atoms with Crippen LogP contribution in [0.25, 0.3) is 0 Å². The molecule has 7 nitrogen and oxygen atoms in total. The van der Waals surface area contributed by atoms with Gasteiger partial charge in [0.25, 0.3) is 0 Å². The van der Waals surface area contributed by atoms with Crippen LogP contribution in [0.2, 0.25) is 0 Å². The number of hydrogen-bond acceptors (Lipinski definition) is 5. The third-order valence-electron chi connectivity index (χ3n) is 1.84. The number of carboxylic acid groups (broad SMARTS) is 1. The normalized spacial score (nSPS) is 17.0. The first-order valence-corrected chi connectivity index (χ1v) is 5.33. The maximum Gasteiger partial charge on any atom is 0.321 e. The second-order valence-electron chi connectivity index (χ2n) is 3.06. The van der Waals surface area contributed by atoms with Crippen molar-refractivity contribution in [3.05, 3.63) is 0 Å². The number of nitrogens with two attached hydrogens (primary N) is 2. The van der Waals surface area contributed by atoms with Gasteiger partial charge < -0.3 is 26.2 Å². The molecule has 94 valence electrons. The second-order valence-corrected chi connectivity index (χ2v) is 3.43. The number of carbonyl (C=O) groups is 2. The van der Waals surface area contributed by atoms with E-state index in [0.29, 0.717) is 26.3 Å². The number of ether oxygens (including phenoxy) is 1. The quantitative estimate of drug-likeness (QED) is 0.456. The van der Waals surface area contributed by atoms with Gasteiger partial charge in [-0.15, -0.1) is 0 Å². The van der Waals surface area contributed by atoms with E-state index in [4.69, 9.17) is 21.3 Å². The lowest BCUT2D eigenvalue weighted by molar-refractivity contribution is -0.137. The summed E-state index contributed by atoms with van der Waals surface area (Å²) >= 11 is 3.65. The topological polar surface area (TPSA) is 119 Å². The van der Waals surface area contributed by atoms with Crippen LogP contribution < -0.4 is 11.5 Å². The molecule has 0 aromatic carbocycles. The number of hydrogen-bond donors (Lipinski definition) is 4. The highest BCUT2D eigenvalue weighted by atomic mass is 32.1. The molecule has 1 fully saturated rings. The molecule has 1 atom stereocenters. The van der Waals surface area contributed by atoms with Gasteiger partial charge in [0.1, 0.15) is 6.04 Å². The lowest BCUT2D eigenvalue weighted by Crippen LogP contribution is -2.43. The number of carboxylic acids is 1. The predicted molar refractivity (Wildman–Crippen MR) is 61.4 cm³/mol. The molecule has 1 rings (SSSR count). The van der Waals surface area contributed by atoms with Crippen LogP contribution in [0.4, 0.5) is 4.79 Å². The van der Waals surface area contributed by atoms with Gasteiger partial charge in [-0.1, -0.05) is 0 Å².